The van der Waals surface area contributed by atoms with Crippen LogP contribution in [0.15, 0.2) is 18.3 Å². The second kappa shape index (κ2) is 6.86. The summed E-state index contributed by atoms with van der Waals surface area (Å²) < 4.78 is 7.05. The Bertz CT molecular complexity index is 639. The van der Waals surface area contributed by atoms with Gasteiger partial charge in [-0.05, 0) is 26.0 Å². The molecule has 0 fully saturated rings. The van der Waals surface area contributed by atoms with Crippen molar-refractivity contribution in [3.05, 3.63) is 40.8 Å². The zero-order chi connectivity index (χ0) is 15.2. The van der Waals surface area contributed by atoms with Gasteiger partial charge in [-0.1, -0.05) is 0 Å². The van der Waals surface area contributed by atoms with Crippen LogP contribution in [0.3, 0.4) is 0 Å². The molecule has 6 heteroatoms. The van der Waals surface area contributed by atoms with E-state index in [0.29, 0.717) is 18.7 Å². The summed E-state index contributed by atoms with van der Waals surface area (Å²) in [5, 5.41) is 16.5. The van der Waals surface area contributed by atoms with Gasteiger partial charge >= 0.3 is 0 Å². The summed E-state index contributed by atoms with van der Waals surface area (Å²) in [6, 6.07) is 5.60. The highest BCUT2D eigenvalue weighted by Gasteiger charge is 2.11. The SMILES string of the molecule is COCCn1nc(C)c(CNc2ccc(C#N)cn2)c1C. The van der Waals surface area contributed by atoms with Gasteiger partial charge in [-0.2, -0.15) is 10.4 Å². The molecule has 1 N–H and O–H groups in total. The lowest BCUT2D eigenvalue weighted by Crippen LogP contribution is -2.08. The van der Waals surface area contributed by atoms with Crippen LogP contribution >= 0.6 is 0 Å². The van der Waals surface area contributed by atoms with Crippen LogP contribution in [-0.2, 0) is 17.8 Å². The number of rotatable bonds is 6. The van der Waals surface area contributed by atoms with Crippen molar-refractivity contribution < 1.29 is 4.74 Å². The number of methoxy groups -OCH3 is 1. The van der Waals surface area contributed by atoms with Crippen molar-refractivity contribution in [1.29, 1.82) is 5.26 Å². The third-order valence-electron chi connectivity index (χ3n) is 3.38. The Balaban J connectivity index is 2.05. The van der Waals surface area contributed by atoms with Gasteiger partial charge in [-0.25, -0.2) is 4.98 Å². The lowest BCUT2D eigenvalue weighted by Gasteiger charge is -2.07. The molecule has 0 atom stereocenters. The van der Waals surface area contributed by atoms with Gasteiger partial charge in [0.05, 0.1) is 24.4 Å². The topological polar surface area (TPSA) is 75.8 Å². The number of hydrogen-bond acceptors (Lipinski definition) is 5. The molecule has 6 nitrogen and oxygen atoms in total. The van der Waals surface area contributed by atoms with Crippen LogP contribution in [0.25, 0.3) is 0 Å². The van der Waals surface area contributed by atoms with Crippen molar-refractivity contribution in [2.75, 3.05) is 19.0 Å². The molecule has 110 valence electrons. The summed E-state index contributed by atoms with van der Waals surface area (Å²) in [6.45, 7) is 6.10. The van der Waals surface area contributed by atoms with Crippen LogP contribution in [0, 0.1) is 25.2 Å². The lowest BCUT2D eigenvalue weighted by molar-refractivity contribution is 0.182. The van der Waals surface area contributed by atoms with E-state index in [0.717, 1.165) is 29.3 Å². The maximum atomic E-state index is 8.75. The van der Waals surface area contributed by atoms with E-state index in [4.69, 9.17) is 10.00 Å². The zero-order valence-electron chi connectivity index (χ0n) is 12.6. The summed E-state index contributed by atoms with van der Waals surface area (Å²) in [6.07, 6.45) is 1.56. The lowest BCUT2D eigenvalue weighted by atomic mass is 10.2. The predicted molar refractivity (Wildman–Crippen MR) is 79.9 cm³/mol. The van der Waals surface area contributed by atoms with Gasteiger partial charge in [-0.3, -0.25) is 4.68 Å². The summed E-state index contributed by atoms with van der Waals surface area (Å²) in [5.41, 5.74) is 3.85. The van der Waals surface area contributed by atoms with E-state index in [1.807, 2.05) is 11.6 Å². The van der Waals surface area contributed by atoms with E-state index >= 15 is 0 Å². The Labute approximate surface area is 124 Å². The molecule has 0 aliphatic rings. The molecule has 2 rings (SSSR count). The molecular weight excluding hydrogens is 266 g/mol. The summed E-state index contributed by atoms with van der Waals surface area (Å²) in [7, 11) is 1.69. The molecule has 0 saturated carbocycles. The molecule has 0 bridgehead atoms. The first-order valence-electron chi connectivity index (χ1n) is 6.77. The number of nitriles is 1. The Kier molecular flexibility index (Phi) is 4.90. The van der Waals surface area contributed by atoms with Gasteiger partial charge in [0.25, 0.3) is 0 Å². The number of aromatic nitrogens is 3. The van der Waals surface area contributed by atoms with Gasteiger partial charge in [0.2, 0.25) is 0 Å². The van der Waals surface area contributed by atoms with Crippen LogP contribution in [-0.4, -0.2) is 28.5 Å². The minimum absolute atomic E-state index is 0.556. The fraction of sp³-hybridized carbons (Fsp3) is 0.400. The molecule has 0 aromatic carbocycles. The van der Waals surface area contributed by atoms with E-state index in [1.54, 1.807) is 25.4 Å². The summed E-state index contributed by atoms with van der Waals surface area (Å²) >= 11 is 0. The monoisotopic (exact) mass is 285 g/mol. The second-order valence-electron chi connectivity index (χ2n) is 4.76. The van der Waals surface area contributed by atoms with E-state index in [2.05, 4.69) is 28.4 Å². The minimum atomic E-state index is 0.556. The molecule has 0 unspecified atom stereocenters. The van der Waals surface area contributed by atoms with Gasteiger partial charge in [0.15, 0.2) is 0 Å². The van der Waals surface area contributed by atoms with E-state index in [9.17, 15) is 0 Å². The molecule has 0 radical (unpaired) electrons. The molecule has 0 saturated heterocycles. The quantitative estimate of drug-likeness (QED) is 0.878. The molecule has 2 aromatic rings. The van der Waals surface area contributed by atoms with Crippen molar-refractivity contribution in [1.82, 2.24) is 14.8 Å². The zero-order valence-corrected chi connectivity index (χ0v) is 12.6. The molecule has 2 heterocycles. The third kappa shape index (κ3) is 3.58. The highest BCUT2D eigenvalue weighted by atomic mass is 16.5. The van der Waals surface area contributed by atoms with Crippen molar-refractivity contribution in [3.63, 3.8) is 0 Å². The van der Waals surface area contributed by atoms with Gasteiger partial charge in [0, 0.05) is 31.1 Å². The second-order valence-corrected chi connectivity index (χ2v) is 4.76. The Morgan fingerprint density at radius 2 is 2.19 bits per heavy atom. The number of hydrogen-bond donors (Lipinski definition) is 1. The average Bonchev–Trinajstić information content (AvgIpc) is 2.78. The van der Waals surface area contributed by atoms with Crippen LogP contribution in [0.2, 0.25) is 0 Å². The van der Waals surface area contributed by atoms with Crippen LogP contribution in [0.4, 0.5) is 5.82 Å². The number of pyridine rings is 1. The molecule has 0 aliphatic carbocycles. The summed E-state index contributed by atoms with van der Waals surface area (Å²) in [5.74, 6) is 0.748. The maximum Gasteiger partial charge on any atom is 0.126 e. The number of nitrogens with one attached hydrogen (secondary N) is 1. The van der Waals surface area contributed by atoms with E-state index < -0.39 is 0 Å². The number of nitrogens with zero attached hydrogens (tertiary/aromatic N) is 4. The van der Waals surface area contributed by atoms with Crippen molar-refractivity contribution >= 4 is 5.82 Å². The van der Waals surface area contributed by atoms with Crippen LogP contribution < -0.4 is 5.32 Å². The van der Waals surface area contributed by atoms with Crippen LogP contribution in [0.5, 0.6) is 0 Å². The highest BCUT2D eigenvalue weighted by Crippen LogP contribution is 2.15. The van der Waals surface area contributed by atoms with E-state index in [-0.39, 0.29) is 0 Å². The number of aryl methyl sites for hydroxylation is 1. The van der Waals surface area contributed by atoms with E-state index in [1.165, 1.54) is 0 Å². The number of anilines is 1. The molecule has 0 aliphatic heterocycles. The highest BCUT2D eigenvalue weighted by molar-refractivity contribution is 5.40. The molecule has 2 aromatic heterocycles. The molecule has 0 amide bonds. The average molecular weight is 285 g/mol. The van der Waals surface area contributed by atoms with Gasteiger partial charge < -0.3 is 10.1 Å². The normalized spacial score (nSPS) is 10.4. The van der Waals surface area contributed by atoms with Gasteiger partial charge in [-0.15, -0.1) is 0 Å². The first-order valence-corrected chi connectivity index (χ1v) is 6.77. The third-order valence-corrected chi connectivity index (χ3v) is 3.38. The largest absolute Gasteiger partial charge is 0.383 e. The molecular formula is C15H19N5O. The fourth-order valence-corrected chi connectivity index (χ4v) is 2.13. The van der Waals surface area contributed by atoms with Crippen molar-refractivity contribution in [2.24, 2.45) is 0 Å². The summed E-state index contributed by atoms with van der Waals surface area (Å²) in [4.78, 5) is 4.20. The van der Waals surface area contributed by atoms with Crippen LogP contribution in [0.1, 0.15) is 22.5 Å². The Morgan fingerprint density at radius 1 is 1.38 bits per heavy atom. The Morgan fingerprint density at radius 3 is 2.81 bits per heavy atom. The standard InChI is InChI=1S/C15H19N5O/c1-11-14(12(2)20(19-11)6-7-21-3)10-18-15-5-4-13(8-16)9-17-15/h4-5,9H,6-7,10H2,1-3H3,(H,17,18). The Hall–Kier alpha value is -2.39. The van der Waals surface area contributed by atoms with Gasteiger partial charge in [0.1, 0.15) is 11.9 Å². The van der Waals surface area contributed by atoms with Crippen molar-refractivity contribution in [3.8, 4) is 6.07 Å². The first kappa shape index (κ1) is 15.0. The number of ether oxygens (including phenoxy) is 1. The maximum absolute atomic E-state index is 8.75. The molecule has 0 spiro atoms. The molecule has 21 heavy (non-hydrogen) atoms. The smallest absolute Gasteiger partial charge is 0.126 e. The first-order chi connectivity index (χ1) is 10.2. The fourth-order valence-electron chi connectivity index (χ4n) is 2.13. The minimum Gasteiger partial charge on any atom is -0.383 e. The van der Waals surface area contributed by atoms with Crippen molar-refractivity contribution in [2.45, 2.75) is 26.9 Å². The predicted octanol–water partition coefficient (Wildman–Crippen LogP) is 2.03.